The highest BCUT2D eigenvalue weighted by Gasteiger charge is 2.20. The third-order valence-corrected chi connectivity index (χ3v) is 9.26. The van der Waals surface area contributed by atoms with Crippen molar-refractivity contribution in [2.24, 2.45) is 0 Å². The van der Waals surface area contributed by atoms with Crippen LogP contribution in [-0.2, 0) is 0 Å². The van der Waals surface area contributed by atoms with Gasteiger partial charge in [-0.2, -0.15) is 0 Å². The van der Waals surface area contributed by atoms with Crippen LogP contribution in [0, 0.1) is 0 Å². The van der Waals surface area contributed by atoms with Gasteiger partial charge in [0.05, 0.1) is 16.6 Å². The first-order valence-corrected chi connectivity index (χ1v) is 15.0. The van der Waals surface area contributed by atoms with Gasteiger partial charge in [-0.1, -0.05) is 97.0 Å². The second kappa shape index (κ2) is 9.59. The average molecular weight is 572 g/mol. The van der Waals surface area contributed by atoms with Crippen LogP contribution in [-0.4, -0.2) is 0 Å². The molecule has 0 N–H and O–H groups in total. The maximum Gasteiger partial charge on any atom is 0.143 e. The molecule has 43 heavy (non-hydrogen) atoms. The maximum absolute atomic E-state index is 9.39. The lowest BCUT2D eigenvalue weighted by Crippen LogP contribution is -2.10. The van der Waals surface area contributed by atoms with Crippen LogP contribution in [0.25, 0.3) is 64.0 Å². The number of para-hydroxylation sites is 1. The van der Waals surface area contributed by atoms with Crippen LogP contribution < -0.4 is 4.90 Å². The Labute approximate surface area is 258 Å². The van der Waals surface area contributed by atoms with E-state index in [2.05, 4.69) is 30.3 Å². The van der Waals surface area contributed by atoms with Gasteiger partial charge in [-0.25, -0.2) is 0 Å². The molecule has 0 radical (unpaired) electrons. The molecule has 202 valence electrons. The van der Waals surface area contributed by atoms with Crippen LogP contribution in [0.5, 0.6) is 0 Å². The molecule has 9 rings (SSSR count). The molecule has 3 heteroatoms. The van der Waals surface area contributed by atoms with Gasteiger partial charge in [0.2, 0.25) is 0 Å². The molecule has 2 aromatic heterocycles. The van der Waals surface area contributed by atoms with E-state index in [1.165, 1.54) is 10.1 Å². The molecule has 0 unspecified atom stereocenters. The topological polar surface area (TPSA) is 16.4 Å². The van der Waals surface area contributed by atoms with E-state index in [0.29, 0.717) is 16.8 Å². The fraction of sp³-hybridized carbons (Fsp3) is 0. The summed E-state index contributed by atoms with van der Waals surface area (Å²) in [6.45, 7) is 0. The van der Waals surface area contributed by atoms with Gasteiger partial charge in [0, 0.05) is 42.3 Å². The number of furan rings is 1. The monoisotopic (exact) mass is 571 g/mol. The third-order valence-electron chi connectivity index (χ3n) is 8.12. The molecule has 0 fully saturated rings. The molecule has 0 bridgehead atoms. The van der Waals surface area contributed by atoms with Gasteiger partial charge in [-0.05, 0) is 71.1 Å². The lowest BCUT2D eigenvalue weighted by molar-refractivity contribution is 0.672. The van der Waals surface area contributed by atoms with Crippen LogP contribution in [0.4, 0.5) is 17.1 Å². The van der Waals surface area contributed by atoms with Gasteiger partial charge in [-0.3, -0.25) is 0 Å². The summed E-state index contributed by atoms with van der Waals surface area (Å²) >= 11 is 1.66. The summed E-state index contributed by atoms with van der Waals surface area (Å²) in [7, 11) is 0. The SMILES string of the molecule is [2H]c1c([2H])c(N(c2ccccc2)c2cccc3oc4c5ccccc5ccc4c23)c([2H])c([2H])c1-c1ccc2c(c1)sc1ccccc12. The van der Waals surface area contributed by atoms with Gasteiger partial charge >= 0.3 is 0 Å². The summed E-state index contributed by atoms with van der Waals surface area (Å²) in [5.41, 5.74) is 4.01. The summed E-state index contributed by atoms with van der Waals surface area (Å²) in [6.07, 6.45) is 0. The number of anilines is 3. The van der Waals surface area contributed by atoms with E-state index < -0.39 is 0 Å². The molecule has 2 nitrogen and oxygen atoms in total. The standard InChI is InChI=1S/C40H25NOS/c1-2-10-29(11-3-1)41(35-14-8-15-36-39(35)34-24-19-27-9-4-5-12-31(27)40(34)42-36)30-21-17-26(18-22-30)28-20-23-33-32-13-6-7-16-37(32)43-38(33)25-28/h1-25H/i17D,18D,21D,22D. The number of benzene rings is 7. The maximum atomic E-state index is 9.39. The van der Waals surface area contributed by atoms with Crippen LogP contribution in [0.2, 0.25) is 0 Å². The van der Waals surface area contributed by atoms with E-state index in [-0.39, 0.29) is 35.4 Å². The Morgan fingerprint density at radius 2 is 1.28 bits per heavy atom. The van der Waals surface area contributed by atoms with Gasteiger partial charge in [0.15, 0.2) is 0 Å². The van der Waals surface area contributed by atoms with Crippen LogP contribution in [0.3, 0.4) is 0 Å². The Morgan fingerprint density at radius 1 is 0.535 bits per heavy atom. The predicted molar refractivity (Wildman–Crippen MR) is 184 cm³/mol. The van der Waals surface area contributed by atoms with Crippen molar-refractivity contribution >= 4 is 81.3 Å². The first-order chi connectivity index (χ1) is 23.0. The van der Waals surface area contributed by atoms with Crippen molar-refractivity contribution < 1.29 is 9.90 Å². The third kappa shape index (κ3) is 3.86. The molecule has 0 atom stereocenters. The second-order valence-corrected chi connectivity index (χ2v) is 11.7. The quantitative estimate of drug-likeness (QED) is 0.209. The van der Waals surface area contributed by atoms with E-state index in [4.69, 9.17) is 4.42 Å². The zero-order valence-electron chi connectivity index (χ0n) is 26.9. The van der Waals surface area contributed by atoms with Gasteiger partial charge < -0.3 is 9.32 Å². The molecule has 0 aliphatic heterocycles. The molecule has 2 heterocycles. The molecule has 9 aromatic rings. The number of rotatable bonds is 4. The fourth-order valence-electron chi connectivity index (χ4n) is 6.13. The Hall–Kier alpha value is -5.38. The molecule has 0 aliphatic carbocycles. The van der Waals surface area contributed by atoms with E-state index in [9.17, 15) is 5.48 Å². The number of hydrogen-bond acceptors (Lipinski definition) is 3. The van der Waals surface area contributed by atoms with E-state index >= 15 is 0 Å². The first-order valence-electron chi connectivity index (χ1n) is 16.2. The van der Waals surface area contributed by atoms with Crippen molar-refractivity contribution in [1.82, 2.24) is 0 Å². The number of nitrogens with zero attached hydrogens (tertiary/aromatic N) is 1. The smallest absolute Gasteiger partial charge is 0.143 e. The van der Waals surface area contributed by atoms with Gasteiger partial charge in [-0.15, -0.1) is 11.3 Å². The molecule has 7 aromatic carbocycles. The minimum absolute atomic E-state index is 0.0855. The minimum Gasteiger partial charge on any atom is -0.455 e. The van der Waals surface area contributed by atoms with E-state index in [0.717, 1.165) is 42.9 Å². The molecule has 0 saturated carbocycles. The summed E-state index contributed by atoms with van der Waals surface area (Å²) in [5, 5.41) is 6.12. The Balaban J connectivity index is 1.30. The lowest BCUT2D eigenvalue weighted by atomic mass is 10.0. The van der Waals surface area contributed by atoms with Crippen LogP contribution in [0.15, 0.2) is 156 Å². The highest BCUT2D eigenvalue weighted by atomic mass is 32.1. The fourth-order valence-corrected chi connectivity index (χ4v) is 7.28. The van der Waals surface area contributed by atoms with Crippen molar-refractivity contribution in [3.63, 3.8) is 0 Å². The van der Waals surface area contributed by atoms with Crippen molar-refractivity contribution in [3.8, 4) is 11.1 Å². The van der Waals surface area contributed by atoms with E-state index in [1.807, 2.05) is 102 Å². The van der Waals surface area contributed by atoms with Gasteiger partial charge in [0.1, 0.15) is 11.2 Å². The van der Waals surface area contributed by atoms with Crippen molar-refractivity contribution in [2.75, 3.05) is 4.90 Å². The number of thiophene rings is 1. The average Bonchev–Trinajstić information content (AvgIpc) is 3.68. The van der Waals surface area contributed by atoms with Crippen molar-refractivity contribution in [1.29, 1.82) is 0 Å². The minimum atomic E-state index is -0.114. The highest BCUT2D eigenvalue weighted by molar-refractivity contribution is 7.25. The molecule has 0 amide bonds. The molecule has 0 spiro atoms. The van der Waals surface area contributed by atoms with Crippen molar-refractivity contribution in [3.05, 3.63) is 152 Å². The summed E-state index contributed by atoms with van der Waals surface area (Å²) in [4.78, 5) is 1.84. The number of hydrogen-bond donors (Lipinski definition) is 0. The van der Waals surface area contributed by atoms with Gasteiger partial charge in [0.25, 0.3) is 0 Å². The molecule has 0 aliphatic rings. The summed E-state index contributed by atoms with van der Waals surface area (Å²) in [5.74, 6) is 0. The second-order valence-electron chi connectivity index (χ2n) is 10.6. The Morgan fingerprint density at radius 3 is 2.16 bits per heavy atom. The Kier molecular flexibility index (Phi) is 4.57. The zero-order valence-corrected chi connectivity index (χ0v) is 23.7. The van der Waals surface area contributed by atoms with Crippen molar-refractivity contribution in [2.45, 2.75) is 0 Å². The van der Waals surface area contributed by atoms with E-state index in [1.54, 1.807) is 11.3 Å². The highest BCUT2D eigenvalue weighted by Crippen LogP contribution is 2.44. The van der Waals surface area contributed by atoms with Crippen LogP contribution in [0.1, 0.15) is 5.48 Å². The molecule has 0 saturated heterocycles. The Bertz CT molecular complexity index is 2670. The summed E-state index contributed by atoms with van der Waals surface area (Å²) < 4.78 is 46.0. The number of fused-ring (bicyclic) bond motifs is 8. The normalized spacial score (nSPS) is 13.0. The zero-order chi connectivity index (χ0) is 31.8. The largest absolute Gasteiger partial charge is 0.455 e. The predicted octanol–water partition coefficient (Wildman–Crippen LogP) is 12.2. The lowest BCUT2D eigenvalue weighted by Gasteiger charge is -2.26. The van der Waals surface area contributed by atoms with Crippen LogP contribution >= 0.6 is 11.3 Å². The first kappa shape index (κ1) is 20.5. The molecular formula is C40H25NOS. The molecular weight excluding hydrogens is 543 g/mol. The summed E-state index contributed by atoms with van der Waals surface area (Å²) in [6, 6.07) is 41.4.